The molecule has 62 heavy (non-hydrogen) atoms. The first-order valence-corrected chi connectivity index (χ1v) is 21.4. The zero-order chi connectivity index (χ0) is 42.0. The first-order valence-electron chi connectivity index (χ1n) is 21.4. The Labute approximate surface area is 363 Å². The summed E-state index contributed by atoms with van der Waals surface area (Å²) < 4.78 is 6.74. The second-order valence-corrected chi connectivity index (χ2v) is 16.9. The van der Waals surface area contributed by atoms with Crippen LogP contribution >= 0.6 is 0 Å². The largest absolute Gasteiger partial charge is 0.437 e. The summed E-state index contributed by atoms with van der Waals surface area (Å²) in [7, 11) is 0. The fourth-order valence-corrected chi connectivity index (χ4v) is 10.4. The Balaban J connectivity index is 1.17. The van der Waals surface area contributed by atoms with Crippen LogP contribution in [-0.4, -0.2) is 4.98 Å². The molecule has 0 radical (unpaired) electrons. The van der Waals surface area contributed by atoms with Gasteiger partial charge < -0.3 is 9.32 Å². The molecule has 3 nitrogen and oxygen atoms in total. The monoisotopic (exact) mass is 796 g/mol. The lowest BCUT2D eigenvalue weighted by Crippen LogP contribution is -2.28. The number of benzene rings is 6. The number of aromatic nitrogens is 1. The number of furan rings is 1. The number of allylic oxidation sites excluding steroid dienone is 9. The second kappa shape index (κ2) is 14.5. The summed E-state index contributed by atoms with van der Waals surface area (Å²) in [5.41, 5.74) is 18.0. The summed E-state index contributed by atoms with van der Waals surface area (Å²) in [6.45, 7) is 11.6. The molecular weight excluding hydrogens is 753 g/mol. The quantitative estimate of drug-likeness (QED) is 0.113. The Bertz CT molecular complexity index is 3310. The zero-order valence-corrected chi connectivity index (χ0v) is 35.1. The first kappa shape index (κ1) is 37.3. The highest BCUT2D eigenvalue weighted by Gasteiger charge is 2.48. The van der Waals surface area contributed by atoms with Gasteiger partial charge in [-0.2, -0.15) is 0 Å². The Morgan fingerprint density at radius 3 is 2.19 bits per heavy atom. The van der Waals surface area contributed by atoms with Crippen LogP contribution in [0.4, 0.5) is 17.1 Å². The average molecular weight is 797 g/mol. The van der Waals surface area contributed by atoms with Crippen molar-refractivity contribution in [3.05, 3.63) is 234 Å². The normalized spacial score (nSPS) is 16.9. The van der Waals surface area contributed by atoms with Crippen molar-refractivity contribution in [3.8, 4) is 34.1 Å². The SMILES string of the molecule is C=C(/C=C\C=C/C)C1(c2ccccc2)c2cc(N(c3ccc(-c4ccccc4)cc3)c3ccc4c(c3)C(C)(C)C3=C4CC#CC=C3)ccc2-c2c1ccc1c2oc2ncccc21. The van der Waals surface area contributed by atoms with Crippen LogP contribution in [0, 0.1) is 11.8 Å². The van der Waals surface area contributed by atoms with Crippen molar-refractivity contribution in [1.29, 1.82) is 0 Å². The Kier molecular flexibility index (Phi) is 8.74. The van der Waals surface area contributed by atoms with Crippen molar-refractivity contribution < 1.29 is 4.42 Å². The minimum Gasteiger partial charge on any atom is -0.437 e. The van der Waals surface area contributed by atoms with Gasteiger partial charge in [-0.05, 0) is 129 Å². The Morgan fingerprint density at radius 1 is 0.710 bits per heavy atom. The van der Waals surface area contributed by atoms with Crippen LogP contribution in [0.15, 0.2) is 210 Å². The molecule has 3 aliphatic rings. The van der Waals surface area contributed by atoms with Gasteiger partial charge in [-0.3, -0.25) is 0 Å². The van der Waals surface area contributed by atoms with E-state index in [2.05, 4.69) is 205 Å². The van der Waals surface area contributed by atoms with E-state index in [0.29, 0.717) is 5.71 Å². The number of fused-ring (bicyclic) bond motifs is 9. The highest BCUT2D eigenvalue weighted by atomic mass is 16.3. The van der Waals surface area contributed by atoms with Crippen LogP contribution in [-0.2, 0) is 10.8 Å². The summed E-state index contributed by atoms with van der Waals surface area (Å²) in [5.74, 6) is 6.58. The number of rotatable bonds is 8. The molecule has 0 saturated carbocycles. The maximum absolute atomic E-state index is 6.74. The van der Waals surface area contributed by atoms with Crippen LogP contribution in [0.3, 0.4) is 0 Å². The number of hydrogen-bond acceptors (Lipinski definition) is 3. The molecule has 8 aromatic rings. The lowest BCUT2D eigenvalue weighted by atomic mass is 9.67. The van der Waals surface area contributed by atoms with Gasteiger partial charge >= 0.3 is 0 Å². The lowest BCUT2D eigenvalue weighted by Gasteiger charge is -2.35. The van der Waals surface area contributed by atoms with Crippen LogP contribution in [0.25, 0.3) is 49.9 Å². The van der Waals surface area contributed by atoms with E-state index in [-0.39, 0.29) is 5.41 Å². The highest BCUT2D eigenvalue weighted by molar-refractivity contribution is 6.12. The molecule has 11 rings (SSSR count). The van der Waals surface area contributed by atoms with Crippen molar-refractivity contribution in [2.75, 3.05) is 4.90 Å². The van der Waals surface area contributed by atoms with Gasteiger partial charge in [-0.25, -0.2) is 4.98 Å². The van der Waals surface area contributed by atoms with Gasteiger partial charge in [0.1, 0.15) is 5.58 Å². The maximum Gasteiger partial charge on any atom is 0.227 e. The number of hydrogen-bond donors (Lipinski definition) is 0. The summed E-state index contributed by atoms with van der Waals surface area (Å²) >= 11 is 0. The maximum atomic E-state index is 6.74. The zero-order valence-electron chi connectivity index (χ0n) is 35.1. The van der Waals surface area contributed by atoms with Gasteiger partial charge in [0.15, 0.2) is 0 Å². The van der Waals surface area contributed by atoms with E-state index in [4.69, 9.17) is 11.0 Å². The van der Waals surface area contributed by atoms with Crippen molar-refractivity contribution in [2.45, 2.75) is 38.0 Å². The summed E-state index contributed by atoms with van der Waals surface area (Å²) in [5, 5.41) is 2.06. The number of anilines is 3. The molecule has 3 aliphatic carbocycles. The smallest absolute Gasteiger partial charge is 0.227 e. The molecule has 2 heterocycles. The predicted molar refractivity (Wildman–Crippen MR) is 258 cm³/mol. The molecule has 0 aliphatic heterocycles. The van der Waals surface area contributed by atoms with Crippen molar-refractivity contribution >= 4 is 44.7 Å². The van der Waals surface area contributed by atoms with Crippen LogP contribution < -0.4 is 4.90 Å². The molecule has 296 valence electrons. The Hall–Kier alpha value is -7.67. The molecule has 0 N–H and O–H groups in total. The highest BCUT2D eigenvalue weighted by Crippen LogP contribution is 2.60. The third-order valence-corrected chi connectivity index (χ3v) is 13.2. The molecule has 0 fully saturated rings. The van der Waals surface area contributed by atoms with E-state index < -0.39 is 5.41 Å². The third-order valence-electron chi connectivity index (χ3n) is 13.2. The number of nitrogens with zero attached hydrogens (tertiary/aromatic N) is 2. The van der Waals surface area contributed by atoms with Crippen LogP contribution in [0.1, 0.15) is 55.0 Å². The summed E-state index contributed by atoms with van der Waals surface area (Å²) in [4.78, 5) is 7.07. The molecule has 0 amide bonds. The average Bonchev–Trinajstić information content (AvgIpc) is 3.80. The fraction of sp³-hybridized carbons (Fsp3) is 0.102. The topological polar surface area (TPSA) is 29.3 Å². The van der Waals surface area contributed by atoms with Crippen LogP contribution in [0.2, 0.25) is 0 Å². The van der Waals surface area contributed by atoms with Gasteiger partial charge in [0.05, 0.1) is 5.41 Å². The molecule has 0 bridgehead atoms. The second-order valence-electron chi connectivity index (χ2n) is 16.9. The molecular formula is C59H44N2O. The molecule has 0 spiro atoms. The summed E-state index contributed by atoms with van der Waals surface area (Å²) in [6, 6.07) is 53.0. The first-order chi connectivity index (χ1) is 30.4. The molecule has 6 aromatic carbocycles. The minimum absolute atomic E-state index is 0.195. The molecule has 3 heteroatoms. The predicted octanol–water partition coefficient (Wildman–Crippen LogP) is 15.1. The van der Waals surface area contributed by atoms with Crippen molar-refractivity contribution in [3.63, 3.8) is 0 Å². The fourth-order valence-electron chi connectivity index (χ4n) is 10.4. The van der Waals surface area contributed by atoms with Crippen molar-refractivity contribution in [2.24, 2.45) is 0 Å². The third kappa shape index (κ3) is 5.57. The Morgan fingerprint density at radius 2 is 1.42 bits per heavy atom. The molecule has 2 aromatic heterocycles. The molecule has 0 saturated heterocycles. The van der Waals surface area contributed by atoms with Gasteiger partial charge in [0.25, 0.3) is 0 Å². The van der Waals surface area contributed by atoms with Gasteiger partial charge in [-0.15, -0.1) is 0 Å². The standard InChI is InChI=1S/C59H44N2O/c1-5-6-10-18-39(2)59(42-21-13-8-14-22-42)52-35-34-48-49-24-17-36-60-57(49)62-56(48)55(52)50-33-31-45(38-54(50)59)61(43-28-26-41(27-29-43)40-19-11-7-12-20-40)44-30-32-47-46-23-15-9-16-25-51(46)58(3,4)53(47)37-44/h5-8,10-14,16-22,24-38H,2,23H2,1,3-4H3/b6-5-,18-10-. The number of pyridine rings is 1. The van der Waals surface area contributed by atoms with E-state index >= 15 is 0 Å². The van der Waals surface area contributed by atoms with E-state index in [1.165, 1.54) is 33.4 Å². The lowest BCUT2D eigenvalue weighted by molar-refractivity contribution is 0.654. The van der Waals surface area contributed by atoms with Gasteiger partial charge in [0, 0.05) is 51.4 Å². The minimum atomic E-state index is -0.738. The van der Waals surface area contributed by atoms with E-state index in [9.17, 15) is 0 Å². The summed E-state index contributed by atoms with van der Waals surface area (Å²) in [6.07, 6.45) is 15.2. The van der Waals surface area contributed by atoms with Crippen molar-refractivity contribution in [1.82, 2.24) is 4.98 Å². The molecule has 1 unspecified atom stereocenters. The van der Waals surface area contributed by atoms with Gasteiger partial charge in [0.2, 0.25) is 5.71 Å². The van der Waals surface area contributed by atoms with E-state index in [1.807, 2.05) is 19.1 Å². The van der Waals surface area contributed by atoms with Crippen LogP contribution in [0.5, 0.6) is 0 Å². The molecule has 1 atom stereocenters. The van der Waals surface area contributed by atoms with Gasteiger partial charge in [-0.1, -0.05) is 154 Å². The van der Waals surface area contributed by atoms with E-state index in [0.717, 1.165) is 73.2 Å². The van der Waals surface area contributed by atoms with E-state index in [1.54, 1.807) is 6.20 Å².